The molecule has 0 atom stereocenters. The molecule has 104 valence electrons. The molecule has 0 N–H and O–H groups in total. The van der Waals surface area contributed by atoms with Gasteiger partial charge in [0.25, 0.3) is 0 Å². The van der Waals surface area contributed by atoms with E-state index in [4.69, 9.17) is 11.6 Å². The molecule has 0 saturated heterocycles. The molecule has 0 fully saturated rings. The number of hydrogen-bond donors (Lipinski definition) is 0. The molecule has 0 aliphatic heterocycles. The molecule has 0 spiro atoms. The van der Waals surface area contributed by atoms with Gasteiger partial charge >= 0.3 is 0 Å². The van der Waals surface area contributed by atoms with Crippen molar-refractivity contribution in [3.05, 3.63) is 69.2 Å². The van der Waals surface area contributed by atoms with E-state index in [1.165, 1.54) is 5.56 Å². The minimum atomic E-state index is 0.308. The van der Waals surface area contributed by atoms with Gasteiger partial charge in [0.05, 0.1) is 0 Å². The molecule has 20 heavy (non-hydrogen) atoms. The zero-order valence-electron chi connectivity index (χ0n) is 11.1. The fraction of sp³-hybridized carbons (Fsp3) is 0.235. The minimum absolute atomic E-state index is 0.308. The maximum Gasteiger partial charge on any atom is 0.133 e. The molecule has 0 radical (unpaired) electrons. The summed E-state index contributed by atoms with van der Waals surface area (Å²) in [4.78, 5) is 11.9. The van der Waals surface area contributed by atoms with E-state index in [2.05, 4.69) is 28.1 Å². The third-order valence-electron chi connectivity index (χ3n) is 3.21. The summed E-state index contributed by atoms with van der Waals surface area (Å²) < 4.78 is 1.07. The molecule has 0 saturated carbocycles. The van der Waals surface area contributed by atoms with Crippen LogP contribution >= 0.6 is 27.5 Å². The maximum atomic E-state index is 11.9. The molecule has 1 nitrogen and oxygen atoms in total. The van der Waals surface area contributed by atoms with Crippen LogP contribution in [0.25, 0.3) is 0 Å². The Morgan fingerprint density at radius 3 is 1.80 bits per heavy atom. The van der Waals surface area contributed by atoms with E-state index in [0.717, 1.165) is 27.9 Å². The van der Waals surface area contributed by atoms with E-state index in [1.807, 2.05) is 36.4 Å². The maximum absolute atomic E-state index is 11.9. The van der Waals surface area contributed by atoms with Gasteiger partial charge < -0.3 is 0 Å². The quantitative estimate of drug-likeness (QED) is 0.696. The number of halogens is 2. The summed E-state index contributed by atoms with van der Waals surface area (Å²) >= 11 is 9.24. The Labute approximate surface area is 133 Å². The third-order valence-corrected chi connectivity index (χ3v) is 3.99. The van der Waals surface area contributed by atoms with Crippen molar-refractivity contribution in [3.63, 3.8) is 0 Å². The van der Waals surface area contributed by atoms with Crippen molar-refractivity contribution < 1.29 is 4.79 Å². The van der Waals surface area contributed by atoms with Crippen molar-refractivity contribution in [2.24, 2.45) is 0 Å². The molecule has 2 aromatic carbocycles. The second kappa shape index (κ2) is 7.61. The number of ketones is 1. The SMILES string of the molecule is O=C(CCc1ccc(Cl)cc1)CCc1ccc(Br)cc1. The lowest BCUT2D eigenvalue weighted by atomic mass is 10.0. The molecule has 0 aliphatic rings. The summed E-state index contributed by atoms with van der Waals surface area (Å²) in [5.41, 5.74) is 2.36. The van der Waals surface area contributed by atoms with Crippen LogP contribution in [0.4, 0.5) is 0 Å². The topological polar surface area (TPSA) is 17.1 Å². The van der Waals surface area contributed by atoms with Crippen molar-refractivity contribution >= 4 is 33.3 Å². The lowest BCUT2D eigenvalue weighted by Gasteiger charge is -2.03. The van der Waals surface area contributed by atoms with Crippen LogP contribution in [0.2, 0.25) is 5.02 Å². The highest BCUT2D eigenvalue weighted by Gasteiger charge is 2.04. The van der Waals surface area contributed by atoms with Crippen molar-refractivity contribution in [1.29, 1.82) is 0 Å². The molecule has 2 aromatic rings. The van der Waals surface area contributed by atoms with Gasteiger partial charge in [0, 0.05) is 22.3 Å². The highest BCUT2D eigenvalue weighted by atomic mass is 79.9. The second-order valence-electron chi connectivity index (χ2n) is 4.79. The molecular formula is C17H16BrClO. The first kappa shape index (κ1) is 15.3. The minimum Gasteiger partial charge on any atom is -0.300 e. The highest BCUT2D eigenvalue weighted by molar-refractivity contribution is 9.10. The summed E-state index contributed by atoms with van der Waals surface area (Å²) in [5.74, 6) is 0.308. The third kappa shape index (κ3) is 5.10. The Kier molecular flexibility index (Phi) is 5.81. The van der Waals surface area contributed by atoms with E-state index in [9.17, 15) is 4.79 Å². The number of Topliss-reactive ketones (excluding diaryl/α,β-unsaturated/α-hetero) is 1. The monoisotopic (exact) mass is 350 g/mol. The van der Waals surface area contributed by atoms with Crippen LogP contribution < -0.4 is 0 Å². The molecule has 0 heterocycles. The first-order valence-corrected chi connectivity index (χ1v) is 7.81. The summed E-state index contributed by atoms with van der Waals surface area (Å²) in [6.07, 6.45) is 2.80. The van der Waals surface area contributed by atoms with Crippen LogP contribution in [0, 0.1) is 0 Å². The predicted molar refractivity (Wildman–Crippen MR) is 87.2 cm³/mol. The average Bonchev–Trinajstić information content (AvgIpc) is 2.46. The number of hydrogen-bond acceptors (Lipinski definition) is 1. The van der Waals surface area contributed by atoms with Crippen LogP contribution in [-0.4, -0.2) is 5.78 Å². The number of benzene rings is 2. The summed E-state index contributed by atoms with van der Waals surface area (Å²) in [7, 11) is 0. The lowest BCUT2D eigenvalue weighted by Crippen LogP contribution is -2.02. The Bertz CT molecular complexity index is 509. The van der Waals surface area contributed by atoms with E-state index in [-0.39, 0.29) is 0 Å². The molecular weight excluding hydrogens is 336 g/mol. The van der Waals surface area contributed by atoms with Gasteiger partial charge in [-0.1, -0.05) is 51.8 Å². The fourth-order valence-corrected chi connectivity index (χ4v) is 2.38. The standard InChI is InChI=1S/C17H16BrClO/c18-15-7-1-13(2-8-15)5-11-17(20)12-6-14-3-9-16(19)10-4-14/h1-4,7-10H,5-6,11-12H2. The van der Waals surface area contributed by atoms with Crippen molar-refractivity contribution in [2.75, 3.05) is 0 Å². The number of rotatable bonds is 6. The van der Waals surface area contributed by atoms with E-state index < -0.39 is 0 Å². The van der Waals surface area contributed by atoms with Crippen molar-refractivity contribution in [3.8, 4) is 0 Å². The van der Waals surface area contributed by atoms with Crippen LogP contribution in [0.1, 0.15) is 24.0 Å². The smallest absolute Gasteiger partial charge is 0.133 e. The van der Waals surface area contributed by atoms with Gasteiger partial charge in [-0.3, -0.25) is 4.79 Å². The Hall–Kier alpha value is -1.12. The summed E-state index contributed by atoms with van der Waals surface area (Å²) in [6.45, 7) is 0. The average molecular weight is 352 g/mol. The molecule has 0 aromatic heterocycles. The van der Waals surface area contributed by atoms with Crippen molar-refractivity contribution in [2.45, 2.75) is 25.7 Å². The van der Waals surface area contributed by atoms with E-state index in [0.29, 0.717) is 18.6 Å². The van der Waals surface area contributed by atoms with Gasteiger partial charge in [-0.15, -0.1) is 0 Å². The predicted octanol–water partition coefficient (Wildman–Crippen LogP) is 5.24. The van der Waals surface area contributed by atoms with Crippen LogP contribution in [0.5, 0.6) is 0 Å². The molecule has 0 amide bonds. The fourth-order valence-electron chi connectivity index (χ4n) is 1.99. The molecule has 2 rings (SSSR count). The Morgan fingerprint density at radius 1 is 0.850 bits per heavy atom. The van der Waals surface area contributed by atoms with Crippen LogP contribution in [0.3, 0.4) is 0 Å². The number of aryl methyl sites for hydroxylation is 2. The molecule has 0 aliphatic carbocycles. The number of carbonyl (C=O) groups is 1. The molecule has 3 heteroatoms. The Morgan fingerprint density at radius 2 is 1.30 bits per heavy atom. The summed E-state index contributed by atoms with van der Waals surface area (Å²) in [5, 5.41) is 0.732. The van der Waals surface area contributed by atoms with Gasteiger partial charge in [-0.25, -0.2) is 0 Å². The zero-order chi connectivity index (χ0) is 14.4. The molecule has 0 bridgehead atoms. The first-order chi connectivity index (χ1) is 9.63. The molecule has 0 unspecified atom stereocenters. The zero-order valence-corrected chi connectivity index (χ0v) is 13.5. The van der Waals surface area contributed by atoms with Gasteiger partial charge in [0.1, 0.15) is 5.78 Å². The van der Waals surface area contributed by atoms with Gasteiger partial charge in [0.15, 0.2) is 0 Å². The lowest BCUT2D eigenvalue weighted by molar-refractivity contribution is -0.119. The van der Waals surface area contributed by atoms with E-state index in [1.54, 1.807) is 0 Å². The number of carbonyl (C=O) groups excluding carboxylic acids is 1. The van der Waals surface area contributed by atoms with Gasteiger partial charge in [-0.05, 0) is 48.2 Å². The van der Waals surface area contributed by atoms with Gasteiger partial charge in [-0.2, -0.15) is 0 Å². The van der Waals surface area contributed by atoms with Gasteiger partial charge in [0.2, 0.25) is 0 Å². The van der Waals surface area contributed by atoms with Crippen LogP contribution in [-0.2, 0) is 17.6 Å². The second-order valence-corrected chi connectivity index (χ2v) is 6.14. The van der Waals surface area contributed by atoms with Crippen molar-refractivity contribution in [1.82, 2.24) is 0 Å². The Balaban J connectivity index is 1.75. The largest absolute Gasteiger partial charge is 0.300 e. The normalized spacial score (nSPS) is 10.5. The summed E-state index contributed by atoms with van der Waals surface area (Å²) in [6, 6.07) is 15.8. The highest BCUT2D eigenvalue weighted by Crippen LogP contribution is 2.14. The van der Waals surface area contributed by atoms with E-state index >= 15 is 0 Å². The van der Waals surface area contributed by atoms with Crippen LogP contribution in [0.15, 0.2) is 53.0 Å². The first-order valence-electron chi connectivity index (χ1n) is 6.64.